The summed E-state index contributed by atoms with van der Waals surface area (Å²) in [5.41, 5.74) is 0. The average molecular weight is 266 g/mol. The Hall–Kier alpha value is -1.40. The summed E-state index contributed by atoms with van der Waals surface area (Å²) in [6, 6.07) is 2.11. The molecule has 0 radical (unpaired) electrons. The maximum atomic E-state index is 9.45. The predicted octanol–water partition coefficient (Wildman–Crippen LogP) is 0.886. The fraction of sp³-hybridized carbons (Fsp3) is 0.692. The van der Waals surface area contributed by atoms with Gasteiger partial charge in [-0.25, -0.2) is 9.97 Å². The van der Waals surface area contributed by atoms with E-state index in [1.54, 1.807) is 13.4 Å². The first-order chi connectivity index (χ1) is 9.35. The molecule has 19 heavy (non-hydrogen) atoms. The molecule has 1 atom stereocenters. The Morgan fingerprint density at radius 3 is 3.16 bits per heavy atom. The van der Waals surface area contributed by atoms with Crippen LogP contribution in [0.1, 0.15) is 19.3 Å². The third-order valence-corrected chi connectivity index (χ3v) is 3.40. The summed E-state index contributed by atoms with van der Waals surface area (Å²) in [6.45, 7) is 2.48. The second-order valence-corrected chi connectivity index (χ2v) is 4.71. The maximum Gasteiger partial charge on any atom is 0.134 e. The highest BCUT2D eigenvalue weighted by Crippen LogP contribution is 2.23. The lowest BCUT2D eigenvalue weighted by Crippen LogP contribution is -2.42. The number of piperidine rings is 1. The van der Waals surface area contributed by atoms with E-state index in [0.717, 1.165) is 37.6 Å². The van der Waals surface area contributed by atoms with Gasteiger partial charge in [0.2, 0.25) is 0 Å². The van der Waals surface area contributed by atoms with Crippen LogP contribution in [0.15, 0.2) is 12.4 Å². The summed E-state index contributed by atoms with van der Waals surface area (Å²) in [7, 11) is 1.67. The Morgan fingerprint density at radius 1 is 1.47 bits per heavy atom. The van der Waals surface area contributed by atoms with Gasteiger partial charge in [0.1, 0.15) is 18.0 Å². The molecule has 2 rings (SSSR count). The van der Waals surface area contributed by atoms with Gasteiger partial charge in [0, 0.05) is 26.3 Å². The van der Waals surface area contributed by atoms with Crippen LogP contribution in [0.25, 0.3) is 0 Å². The number of aliphatic hydroxyl groups excluding tert-OH is 1. The number of nitrogens with zero attached hydrogens (tertiary/aromatic N) is 3. The number of rotatable bonds is 6. The predicted molar refractivity (Wildman–Crippen MR) is 74.5 cm³/mol. The zero-order valence-electron chi connectivity index (χ0n) is 11.4. The van der Waals surface area contributed by atoms with Gasteiger partial charge in [0.25, 0.3) is 0 Å². The average Bonchev–Trinajstić information content (AvgIpc) is 2.48. The van der Waals surface area contributed by atoms with Gasteiger partial charge in [-0.3, -0.25) is 0 Å². The fourth-order valence-corrected chi connectivity index (χ4v) is 2.37. The molecule has 6 nitrogen and oxygen atoms in total. The summed E-state index contributed by atoms with van der Waals surface area (Å²) in [4.78, 5) is 10.7. The monoisotopic (exact) mass is 266 g/mol. The zero-order chi connectivity index (χ0) is 13.5. The van der Waals surface area contributed by atoms with E-state index in [0.29, 0.717) is 6.61 Å². The molecule has 1 unspecified atom stereocenters. The Morgan fingerprint density at radius 2 is 2.37 bits per heavy atom. The summed E-state index contributed by atoms with van der Waals surface area (Å²) in [5, 5.41) is 12.6. The van der Waals surface area contributed by atoms with Crippen molar-refractivity contribution in [1.82, 2.24) is 9.97 Å². The normalized spacial score (nSPS) is 19.5. The van der Waals surface area contributed by atoms with Crippen molar-refractivity contribution in [2.45, 2.75) is 25.3 Å². The molecule has 1 aliphatic rings. The van der Waals surface area contributed by atoms with Crippen LogP contribution in [0.4, 0.5) is 11.6 Å². The minimum atomic E-state index is 0.176. The van der Waals surface area contributed by atoms with Crippen LogP contribution in [0, 0.1) is 0 Å². The van der Waals surface area contributed by atoms with E-state index >= 15 is 0 Å². The van der Waals surface area contributed by atoms with Crippen molar-refractivity contribution in [3.05, 3.63) is 12.4 Å². The van der Waals surface area contributed by atoms with Crippen LogP contribution in [-0.4, -0.2) is 54.5 Å². The van der Waals surface area contributed by atoms with Crippen molar-refractivity contribution in [1.29, 1.82) is 0 Å². The van der Waals surface area contributed by atoms with E-state index in [9.17, 15) is 5.11 Å². The molecule has 0 saturated carbocycles. The molecule has 0 amide bonds. The summed E-state index contributed by atoms with van der Waals surface area (Å²) in [5.74, 6) is 1.68. The number of ether oxygens (including phenoxy) is 1. The first-order valence-electron chi connectivity index (χ1n) is 6.77. The molecular weight excluding hydrogens is 244 g/mol. The highest BCUT2D eigenvalue weighted by Gasteiger charge is 2.22. The first kappa shape index (κ1) is 14.0. The topological polar surface area (TPSA) is 70.5 Å². The number of anilines is 2. The molecule has 1 saturated heterocycles. The molecule has 0 aromatic carbocycles. The third-order valence-electron chi connectivity index (χ3n) is 3.40. The van der Waals surface area contributed by atoms with Crippen molar-refractivity contribution < 1.29 is 9.84 Å². The quantitative estimate of drug-likeness (QED) is 0.745. The number of hydrogen-bond acceptors (Lipinski definition) is 6. The number of aliphatic hydroxyl groups is 1. The van der Waals surface area contributed by atoms with Crippen LogP contribution < -0.4 is 10.2 Å². The van der Waals surface area contributed by atoms with Crippen LogP contribution in [0.2, 0.25) is 0 Å². The van der Waals surface area contributed by atoms with Crippen molar-refractivity contribution in [3.8, 4) is 0 Å². The van der Waals surface area contributed by atoms with Crippen LogP contribution in [0.3, 0.4) is 0 Å². The molecule has 0 bridgehead atoms. The lowest BCUT2D eigenvalue weighted by molar-refractivity contribution is 0.210. The molecule has 106 valence electrons. The Labute approximate surface area is 113 Å². The number of nitrogens with one attached hydrogen (secondary N) is 1. The molecule has 1 aliphatic heterocycles. The first-order valence-corrected chi connectivity index (χ1v) is 6.77. The van der Waals surface area contributed by atoms with E-state index in [-0.39, 0.29) is 12.6 Å². The zero-order valence-corrected chi connectivity index (χ0v) is 11.4. The molecule has 0 aliphatic carbocycles. The van der Waals surface area contributed by atoms with Crippen LogP contribution in [-0.2, 0) is 4.74 Å². The SMILES string of the molecule is COCCNc1cc(N2CCCCC2CO)ncn1. The van der Waals surface area contributed by atoms with E-state index < -0.39 is 0 Å². The molecule has 0 spiro atoms. The second kappa shape index (κ2) is 7.25. The maximum absolute atomic E-state index is 9.45. The number of aromatic nitrogens is 2. The van der Waals surface area contributed by atoms with E-state index in [2.05, 4.69) is 20.2 Å². The van der Waals surface area contributed by atoms with E-state index in [1.165, 1.54) is 6.42 Å². The molecule has 2 N–H and O–H groups in total. The third kappa shape index (κ3) is 3.78. The van der Waals surface area contributed by atoms with Gasteiger partial charge in [-0.2, -0.15) is 0 Å². The van der Waals surface area contributed by atoms with Gasteiger partial charge in [-0.15, -0.1) is 0 Å². The highest BCUT2D eigenvalue weighted by molar-refractivity contribution is 5.49. The van der Waals surface area contributed by atoms with Gasteiger partial charge in [0.15, 0.2) is 0 Å². The Kier molecular flexibility index (Phi) is 5.35. The smallest absolute Gasteiger partial charge is 0.134 e. The van der Waals surface area contributed by atoms with Crippen molar-refractivity contribution in [2.24, 2.45) is 0 Å². The van der Waals surface area contributed by atoms with Crippen LogP contribution >= 0.6 is 0 Å². The Bertz CT molecular complexity index is 389. The molecule has 1 aromatic heterocycles. The fourth-order valence-electron chi connectivity index (χ4n) is 2.37. The summed E-state index contributed by atoms with van der Waals surface area (Å²) < 4.78 is 5.00. The largest absolute Gasteiger partial charge is 0.394 e. The minimum Gasteiger partial charge on any atom is -0.394 e. The minimum absolute atomic E-state index is 0.176. The molecule has 6 heteroatoms. The molecular formula is C13H22N4O2. The van der Waals surface area contributed by atoms with Gasteiger partial charge in [0.05, 0.1) is 19.3 Å². The molecule has 1 aromatic rings. The van der Waals surface area contributed by atoms with Gasteiger partial charge >= 0.3 is 0 Å². The lowest BCUT2D eigenvalue weighted by Gasteiger charge is -2.35. The van der Waals surface area contributed by atoms with Crippen molar-refractivity contribution in [3.63, 3.8) is 0 Å². The molecule has 2 heterocycles. The molecule has 1 fully saturated rings. The van der Waals surface area contributed by atoms with Gasteiger partial charge < -0.3 is 20.1 Å². The number of hydrogen-bond donors (Lipinski definition) is 2. The standard InChI is InChI=1S/C13H22N4O2/c1-19-7-5-14-12-8-13(16-10-15-12)17-6-3-2-4-11(17)9-18/h8,10-11,18H,2-7,9H2,1H3,(H,14,15,16). The lowest BCUT2D eigenvalue weighted by atomic mass is 10.0. The highest BCUT2D eigenvalue weighted by atomic mass is 16.5. The van der Waals surface area contributed by atoms with E-state index in [4.69, 9.17) is 4.74 Å². The number of methoxy groups -OCH3 is 1. The summed E-state index contributed by atoms with van der Waals surface area (Å²) >= 11 is 0. The second-order valence-electron chi connectivity index (χ2n) is 4.71. The summed E-state index contributed by atoms with van der Waals surface area (Å²) in [6.07, 6.45) is 4.90. The van der Waals surface area contributed by atoms with Gasteiger partial charge in [-0.1, -0.05) is 0 Å². The van der Waals surface area contributed by atoms with Crippen LogP contribution in [0.5, 0.6) is 0 Å². The van der Waals surface area contributed by atoms with Crippen molar-refractivity contribution >= 4 is 11.6 Å². The van der Waals surface area contributed by atoms with E-state index in [1.807, 2.05) is 6.07 Å². The Balaban J connectivity index is 2.04. The van der Waals surface area contributed by atoms with Crippen molar-refractivity contribution in [2.75, 3.05) is 43.6 Å². The van der Waals surface area contributed by atoms with Gasteiger partial charge in [-0.05, 0) is 19.3 Å².